The number of hydrogen-bond donors (Lipinski definition) is 2. The summed E-state index contributed by atoms with van der Waals surface area (Å²) in [6, 6.07) is 8.12. The predicted molar refractivity (Wildman–Crippen MR) is 150 cm³/mol. The fourth-order valence-corrected chi connectivity index (χ4v) is 2.38. The van der Waals surface area contributed by atoms with Crippen molar-refractivity contribution in [3.05, 3.63) is 108 Å². The molecule has 0 spiro atoms. The molecule has 0 fully saturated rings. The number of anilines is 2. The molecule has 4 rings (SSSR count). The Morgan fingerprint density at radius 1 is 0.659 bits per heavy atom. The van der Waals surface area contributed by atoms with E-state index in [2.05, 4.69) is 34.9 Å². The summed E-state index contributed by atoms with van der Waals surface area (Å²) < 4.78 is 51.2. The maximum Gasteiger partial charge on any atom is 4.00 e. The second kappa shape index (κ2) is 18.3. The molecule has 0 unspecified atom stereocenters. The number of allylic oxidation sites excluding steroid dienone is 8. The fraction of sp³-hybridized carbons (Fsp3) is 0.312. The molecular formula is C32H34F4N2O2Ti. The molecule has 0 saturated heterocycles. The zero-order valence-electron chi connectivity index (χ0n) is 24.0. The molecule has 9 heteroatoms. The first-order valence-electron chi connectivity index (χ1n) is 12.4. The Morgan fingerprint density at radius 2 is 1.00 bits per heavy atom. The fourth-order valence-electron chi connectivity index (χ4n) is 2.38. The Labute approximate surface area is 255 Å². The van der Waals surface area contributed by atoms with Crippen molar-refractivity contribution >= 4 is 23.2 Å². The van der Waals surface area contributed by atoms with E-state index in [1.807, 2.05) is 36.4 Å². The number of hydrogen-bond acceptors (Lipinski definition) is 2. The van der Waals surface area contributed by atoms with E-state index < -0.39 is 34.1 Å². The number of carbonyl (C=O) groups is 2. The van der Waals surface area contributed by atoms with E-state index in [0.29, 0.717) is 0 Å². The average molecular weight is 602 g/mol. The summed E-state index contributed by atoms with van der Waals surface area (Å²) in [4.78, 5) is 23.0. The standard InChI is InChI=1S/2C11H12F2NO.2C5H5.Ti/c2*1-11(2,3)10(15)14-9-5-4-7(12)6-8(9)13;2*1-2-4-5-3-1;/h2*4-5H,1-3H3,(H,14,15);2*1-3H,4H2;/q4*-1;+4. The normalized spacial score (nSPS) is 12.5. The molecule has 0 heterocycles. The van der Waals surface area contributed by atoms with Crippen LogP contribution in [0.5, 0.6) is 0 Å². The molecule has 4 nitrogen and oxygen atoms in total. The molecule has 0 aromatic heterocycles. The van der Waals surface area contributed by atoms with E-state index in [1.165, 1.54) is 12.1 Å². The number of amides is 2. The zero-order valence-corrected chi connectivity index (χ0v) is 25.6. The second-order valence-electron chi connectivity index (χ2n) is 10.5. The van der Waals surface area contributed by atoms with Crippen LogP contribution in [0.4, 0.5) is 28.9 Å². The van der Waals surface area contributed by atoms with Gasteiger partial charge in [0.1, 0.15) is 0 Å². The van der Waals surface area contributed by atoms with Crippen LogP contribution in [0.25, 0.3) is 0 Å². The average Bonchev–Trinajstić information content (AvgIpc) is 3.61. The van der Waals surface area contributed by atoms with E-state index in [1.54, 1.807) is 41.5 Å². The van der Waals surface area contributed by atoms with E-state index in [0.717, 1.165) is 25.0 Å². The quantitative estimate of drug-likeness (QED) is 0.207. The van der Waals surface area contributed by atoms with Crippen LogP contribution in [0, 0.1) is 58.4 Å². The van der Waals surface area contributed by atoms with E-state index in [-0.39, 0.29) is 44.9 Å². The van der Waals surface area contributed by atoms with Crippen molar-refractivity contribution in [2.24, 2.45) is 10.8 Å². The maximum atomic E-state index is 13.1. The molecule has 2 aromatic rings. The van der Waals surface area contributed by atoms with Crippen molar-refractivity contribution in [1.82, 2.24) is 0 Å². The van der Waals surface area contributed by atoms with Crippen molar-refractivity contribution in [2.75, 3.05) is 10.6 Å². The minimum atomic E-state index is -0.896. The van der Waals surface area contributed by atoms with E-state index in [9.17, 15) is 27.2 Å². The van der Waals surface area contributed by atoms with Crippen molar-refractivity contribution in [3.8, 4) is 0 Å². The molecule has 2 aliphatic carbocycles. The molecule has 0 radical (unpaired) electrons. The molecule has 216 valence electrons. The Hall–Kier alpha value is -3.23. The second-order valence-corrected chi connectivity index (χ2v) is 10.5. The van der Waals surface area contributed by atoms with Gasteiger partial charge in [-0.3, -0.25) is 21.7 Å². The van der Waals surface area contributed by atoms with Gasteiger partial charge in [-0.05, 0) is 11.4 Å². The first kappa shape index (κ1) is 37.8. The molecule has 0 bridgehead atoms. The minimum Gasteiger partial charge on any atom is -0.376 e. The largest absolute Gasteiger partial charge is 4.00 e. The van der Waals surface area contributed by atoms with Gasteiger partial charge in [-0.15, -0.1) is 49.2 Å². The Bertz CT molecular complexity index is 1140. The summed E-state index contributed by atoms with van der Waals surface area (Å²) in [5.41, 5.74) is -1.37. The van der Waals surface area contributed by atoms with Crippen LogP contribution in [-0.4, -0.2) is 11.8 Å². The van der Waals surface area contributed by atoms with Crippen molar-refractivity contribution in [3.63, 3.8) is 0 Å². The minimum absolute atomic E-state index is 0. The Balaban J connectivity index is 0.000000573. The van der Waals surface area contributed by atoms with Crippen LogP contribution in [0.1, 0.15) is 54.4 Å². The molecular weight excluding hydrogens is 568 g/mol. The van der Waals surface area contributed by atoms with Gasteiger partial charge in [0.25, 0.3) is 0 Å². The summed E-state index contributed by atoms with van der Waals surface area (Å²) in [6.45, 7) is 10.2. The van der Waals surface area contributed by atoms with Gasteiger partial charge >= 0.3 is 21.7 Å². The van der Waals surface area contributed by atoms with Crippen molar-refractivity contribution in [2.45, 2.75) is 54.4 Å². The van der Waals surface area contributed by atoms with Gasteiger partial charge in [-0.1, -0.05) is 41.5 Å². The van der Waals surface area contributed by atoms with Gasteiger partial charge in [-0.2, -0.15) is 12.2 Å². The molecule has 0 atom stereocenters. The summed E-state index contributed by atoms with van der Waals surface area (Å²) in [7, 11) is 0. The maximum absolute atomic E-state index is 13.1. The van der Waals surface area contributed by atoms with Gasteiger partial charge in [0.15, 0.2) is 0 Å². The SMILES string of the molecule is CC(C)(C)C(=O)Nc1ccc(F)[c-]c1F.CC(C)(C)C(=O)Nc1ccc(F)[c-]c1F.[C-]1=CC=CC1.[C-]1=CC=CC1.[Ti+4]. The number of benzene rings is 2. The van der Waals surface area contributed by atoms with Crippen LogP contribution < -0.4 is 10.6 Å². The van der Waals surface area contributed by atoms with Gasteiger partial charge < -0.3 is 10.6 Å². The third-order valence-electron chi connectivity index (χ3n) is 4.75. The van der Waals surface area contributed by atoms with Crippen LogP contribution in [-0.2, 0) is 31.3 Å². The van der Waals surface area contributed by atoms with E-state index in [4.69, 9.17) is 0 Å². The number of carbonyl (C=O) groups excluding carboxylic acids is 2. The van der Waals surface area contributed by atoms with Gasteiger partial charge in [-0.25, -0.2) is 41.9 Å². The topological polar surface area (TPSA) is 58.2 Å². The summed E-state index contributed by atoms with van der Waals surface area (Å²) in [5, 5.41) is 4.73. The molecule has 41 heavy (non-hydrogen) atoms. The van der Waals surface area contributed by atoms with Crippen LogP contribution in [0.3, 0.4) is 0 Å². The van der Waals surface area contributed by atoms with Gasteiger partial charge in [0.05, 0.1) is 0 Å². The summed E-state index contributed by atoms with van der Waals surface area (Å²) in [5.74, 6) is -4.04. The summed E-state index contributed by atoms with van der Waals surface area (Å²) >= 11 is 0. The van der Waals surface area contributed by atoms with Crippen molar-refractivity contribution in [1.29, 1.82) is 0 Å². The van der Waals surface area contributed by atoms with Gasteiger partial charge in [0.2, 0.25) is 11.8 Å². The summed E-state index contributed by atoms with van der Waals surface area (Å²) in [6.07, 6.45) is 20.0. The molecule has 0 aliphatic heterocycles. The first-order valence-corrected chi connectivity index (χ1v) is 12.4. The first-order chi connectivity index (χ1) is 18.6. The van der Waals surface area contributed by atoms with Crippen LogP contribution in [0.15, 0.2) is 60.7 Å². The number of nitrogens with one attached hydrogen (secondary N) is 2. The molecule has 2 aromatic carbocycles. The van der Waals surface area contributed by atoms with E-state index >= 15 is 0 Å². The molecule has 0 saturated carbocycles. The third-order valence-corrected chi connectivity index (χ3v) is 4.75. The predicted octanol–water partition coefficient (Wildman–Crippen LogP) is 8.11. The zero-order chi connectivity index (χ0) is 30.3. The number of halogens is 4. The third kappa shape index (κ3) is 16.0. The molecule has 2 amide bonds. The van der Waals surface area contributed by atoms with Crippen LogP contribution >= 0.6 is 0 Å². The Morgan fingerprint density at radius 3 is 1.20 bits per heavy atom. The monoisotopic (exact) mass is 602 g/mol. The molecule has 2 aliphatic rings. The van der Waals surface area contributed by atoms with Crippen LogP contribution in [0.2, 0.25) is 0 Å². The van der Waals surface area contributed by atoms with Gasteiger partial charge in [0, 0.05) is 34.1 Å². The van der Waals surface area contributed by atoms with Crippen molar-refractivity contribution < 1.29 is 48.9 Å². The Kier molecular flexibility index (Phi) is 16.8. The smallest absolute Gasteiger partial charge is 0.376 e. The number of rotatable bonds is 2. The molecule has 2 N–H and O–H groups in total.